The molecule has 1 rings (SSSR count). The molecule has 0 radical (unpaired) electrons. The normalized spacial score (nSPS) is 14.1. The van der Waals surface area contributed by atoms with E-state index in [1.54, 1.807) is 6.92 Å². The molecule has 4 heteroatoms. The molecule has 94 valence electrons. The topological polar surface area (TPSA) is 75.3 Å². The van der Waals surface area contributed by atoms with E-state index >= 15 is 0 Å². The van der Waals surface area contributed by atoms with Crippen LogP contribution in [-0.2, 0) is 4.79 Å². The van der Waals surface area contributed by atoms with E-state index in [2.05, 4.69) is 5.32 Å². The molecule has 4 N–H and O–H groups in total. The number of hydrogen-bond acceptors (Lipinski definition) is 3. The average molecular weight is 236 g/mol. The lowest BCUT2D eigenvalue weighted by atomic mass is 9.93. The Hall–Kier alpha value is -1.39. The number of amides is 1. The second-order valence-corrected chi connectivity index (χ2v) is 4.20. The minimum absolute atomic E-state index is 0.00378. The van der Waals surface area contributed by atoms with Gasteiger partial charge < -0.3 is 16.2 Å². The first-order valence-corrected chi connectivity index (χ1v) is 5.83. The molecule has 1 aromatic carbocycles. The molecule has 0 heterocycles. The Balaban J connectivity index is 2.64. The van der Waals surface area contributed by atoms with Gasteiger partial charge in [0.1, 0.15) is 0 Å². The molecule has 0 aliphatic rings. The first kappa shape index (κ1) is 13.7. The van der Waals surface area contributed by atoms with Crippen molar-refractivity contribution in [3.05, 3.63) is 35.9 Å². The lowest BCUT2D eigenvalue weighted by Crippen LogP contribution is -2.34. The van der Waals surface area contributed by atoms with E-state index in [4.69, 9.17) is 5.73 Å². The first-order valence-electron chi connectivity index (χ1n) is 5.83. The standard InChI is InChI=1S/C13H20N2O2/c1-10(16)7-12(9-15-13(17)8-14)11-5-3-2-4-6-11/h2-6,10,12,16H,7-9,14H2,1H3,(H,15,17). The molecule has 2 atom stereocenters. The molecule has 1 aromatic rings. The molecule has 0 saturated carbocycles. The minimum atomic E-state index is -0.394. The van der Waals surface area contributed by atoms with Gasteiger partial charge in [0.05, 0.1) is 12.6 Å². The zero-order valence-corrected chi connectivity index (χ0v) is 10.1. The monoisotopic (exact) mass is 236 g/mol. The molecular formula is C13H20N2O2. The van der Waals surface area contributed by atoms with Crippen molar-refractivity contribution in [1.29, 1.82) is 0 Å². The zero-order chi connectivity index (χ0) is 12.7. The van der Waals surface area contributed by atoms with Crippen LogP contribution in [0.15, 0.2) is 30.3 Å². The van der Waals surface area contributed by atoms with Crippen molar-refractivity contribution in [1.82, 2.24) is 5.32 Å². The summed E-state index contributed by atoms with van der Waals surface area (Å²) < 4.78 is 0. The van der Waals surface area contributed by atoms with Crippen LogP contribution in [0.1, 0.15) is 24.8 Å². The van der Waals surface area contributed by atoms with E-state index in [1.807, 2.05) is 30.3 Å². The highest BCUT2D eigenvalue weighted by Crippen LogP contribution is 2.20. The fraction of sp³-hybridized carbons (Fsp3) is 0.462. The van der Waals surface area contributed by atoms with Crippen LogP contribution in [0.2, 0.25) is 0 Å². The number of carbonyl (C=O) groups excluding carboxylic acids is 1. The molecule has 0 saturated heterocycles. The lowest BCUT2D eigenvalue weighted by molar-refractivity contribution is -0.119. The second-order valence-electron chi connectivity index (χ2n) is 4.20. The maximum Gasteiger partial charge on any atom is 0.233 e. The van der Waals surface area contributed by atoms with Gasteiger partial charge in [0.2, 0.25) is 5.91 Å². The molecule has 0 aliphatic carbocycles. The quantitative estimate of drug-likeness (QED) is 0.677. The van der Waals surface area contributed by atoms with E-state index in [0.29, 0.717) is 13.0 Å². The molecule has 4 nitrogen and oxygen atoms in total. The van der Waals surface area contributed by atoms with Crippen molar-refractivity contribution >= 4 is 5.91 Å². The number of benzene rings is 1. The number of rotatable bonds is 6. The molecule has 0 bridgehead atoms. The molecule has 1 amide bonds. The number of nitrogens with one attached hydrogen (secondary N) is 1. The third-order valence-corrected chi connectivity index (χ3v) is 2.63. The number of carbonyl (C=O) groups is 1. The summed E-state index contributed by atoms with van der Waals surface area (Å²) in [6.45, 7) is 2.25. The third kappa shape index (κ3) is 4.97. The van der Waals surface area contributed by atoms with Crippen LogP contribution in [-0.4, -0.2) is 30.2 Å². The van der Waals surface area contributed by atoms with Gasteiger partial charge in [0.15, 0.2) is 0 Å². The Bertz CT molecular complexity index is 339. The summed E-state index contributed by atoms with van der Waals surface area (Å²) in [7, 11) is 0. The van der Waals surface area contributed by atoms with Crippen molar-refractivity contribution in [3.63, 3.8) is 0 Å². The molecule has 0 fully saturated rings. The maximum absolute atomic E-state index is 11.1. The van der Waals surface area contributed by atoms with E-state index in [1.165, 1.54) is 0 Å². The fourth-order valence-corrected chi connectivity index (χ4v) is 1.78. The molecular weight excluding hydrogens is 216 g/mol. The summed E-state index contributed by atoms with van der Waals surface area (Å²) in [5.41, 5.74) is 6.35. The van der Waals surface area contributed by atoms with Crippen LogP contribution >= 0.6 is 0 Å². The zero-order valence-electron chi connectivity index (χ0n) is 10.1. The average Bonchev–Trinajstić information content (AvgIpc) is 2.34. The van der Waals surface area contributed by atoms with E-state index in [0.717, 1.165) is 5.56 Å². The van der Waals surface area contributed by atoms with Crippen LogP contribution in [0.5, 0.6) is 0 Å². The highest BCUT2D eigenvalue weighted by molar-refractivity contribution is 5.77. The third-order valence-electron chi connectivity index (χ3n) is 2.63. The smallest absolute Gasteiger partial charge is 0.233 e. The number of aliphatic hydroxyl groups excluding tert-OH is 1. The number of hydrogen-bond donors (Lipinski definition) is 3. The Morgan fingerprint density at radius 1 is 1.41 bits per heavy atom. The summed E-state index contributed by atoms with van der Waals surface area (Å²) in [4.78, 5) is 11.1. The summed E-state index contributed by atoms with van der Waals surface area (Å²) >= 11 is 0. The van der Waals surface area contributed by atoms with Gasteiger partial charge in [0, 0.05) is 12.5 Å². The van der Waals surface area contributed by atoms with Crippen molar-refractivity contribution in [2.24, 2.45) is 5.73 Å². The Kier molecular flexibility index (Phi) is 5.66. The van der Waals surface area contributed by atoms with E-state index < -0.39 is 6.10 Å². The van der Waals surface area contributed by atoms with Crippen molar-refractivity contribution < 1.29 is 9.90 Å². The predicted molar refractivity (Wildman–Crippen MR) is 67.5 cm³/mol. The van der Waals surface area contributed by atoms with Gasteiger partial charge in [-0.3, -0.25) is 4.79 Å². The first-order chi connectivity index (χ1) is 8.13. The van der Waals surface area contributed by atoms with Crippen LogP contribution in [0, 0.1) is 0 Å². The van der Waals surface area contributed by atoms with Gasteiger partial charge in [0.25, 0.3) is 0 Å². The summed E-state index contributed by atoms with van der Waals surface area (Å²) in [5.74, 6) is -0.0526. The SMILES string of the molecule is CC(O)CC(CNC(=O)CN)c1ccccc1. The maximum atomic E-state index is 11.1. The largest absolute Gasteiger partial charge is 0.393 e. The molecule has 0 spiro atoms. The lowest BCUT2D eigenvalue weighted by Gasteiger charge is -2.19. The van der Waals surface area contributed by atoms with E-state index in [9.17, 15) is 9.90 Å². The van der Waals surface area contributed by atoms with Gasteiger partial charge in [-0.05, 0) is 18.9 Å². The van der Waals surface area contributed by atoms with Crippen molar-refractivity contribution in [2.45, 2.75) is 25.4 Å². The Labute approximate surface area is 102 Å². The fourth-order valence-electron chi connectivity index (χ4n) is 1.78. The van der Waals surface area contributed by atoms with Crippen molar-refractivity contribution in [3.8, 4) is 0 Å². The minimum Gasteiger partial charge on any atom is -0.393 e. The molecule has 0 aromatic heterocycles. The van der Waals surface area contributed by atoms with Gasteiger partial charge in [-0.2, -0.15) is 0 Å². The van der Waals surface area contributed by atoms with E-state index in [-0.39, 0.29) is 18.4 Å². The van der Waals surface area contributed by atoms with Gasteiger partial charge >= 0.3 is 0 Å². The predicted octanol–water partition coefficient (Wildman–Crippen LogP) is 0.616. The Morgan fingerprint density at radius 3 is 2.59 bits per heavy atom. The summed E-state index contributed by atoms with van der Waals surface area (Å²) in [6.07, 6.45) is 0.226. The molecule has 17 heavy (non-hydrogen) atoms. The molecule has 0 aliphatic heterocycles. The van der Waals surface area contributed by atoms with Crippen molar-refractivity contribution in [2.75, 3.05) is 13.1 Å². The van der Waals surface area contributed by atoms with Crippen LogP contribution in [0.3, 0.4) is 0 Å². The van der Waals surface area contributed by atoms with Gasteiger partial charge in [-0.1, -0.05) is 30.3 Å². The van der Waals surface area contributed by atoms with Crippen LogP contribution < -0.4 is 11.1 Å². The van der Waals surface area contributed by atoms with Crippen LogP contribution in [0.4, 0.5) is 0 Å². The number of nitrogens with two attached hydrogens (primary N) is 1. The highest BCUT2D eigenvalue weighted by atomic mass is 16.3. The highest BCUT2D eigenvalue weighted by Gasteiger charge is 2.14. The molecule has 2 unspecified atom stereocenters. The van der Waals surface area contributed by atoms with Gasteiger partial charge in [-0.25, -0.2) is 0 Å². The number of aliphatic hydroxyl groups is 1. The van der Waals surface area contributed by atoms with Crippen LogP contribution in [0.25, 0.3) is 0 Å². The summed E-state index contributed by atoms with van der Waals surface area (Å²) in [6, 6.07) is 9.86. The second kappa shape index (κ2) is 7.04. The summed E-state index contributed by atoms with van der Waals surface area (Å²) in [5, 5.41) is 12.2. The van der Waals surface area contributed by atoms with Gasteiger partial charge in [-0.15, -0.1) is 0 Å². The Morgan fingerprint density at radius 2 is 2.06 bits per heavy atom.